The molecule has 41 heavy (non-hydrogen) atoms. The highest BCUT2D eigenvalue weighted by Crippen LogP contribution is 2.19. The van der Waals surface area contributed by atoms with E-state index in [4.69, 9.17) is 18.8 Å². The van der Waals surface area contributed by atoms with Crippen LogP contribution in [0, 0.1) is 6.92 Å². The molecule has 4 aromatic carbocycles. The quantitative estimate of drug-likeness (QED) is 0.153. The molecule has 1 N–H and O–H groups in total. The second kappa shape index (κ2) is 17.2. The first-order chi connectivity index (χ1) is 19.9. The highest BCUT2D eigenvalue weighted by Gasteiger charge is 2.25. The minimum atomic E-state index is -4.04. The summed E-state index contributed by atoms with van der Waals surface area (Å²) in [5.41, 5.74) is 3.76. The Morgan fingerprint density at radius 2 is 1.24 bits per heavy atom. The number of aliphatic hydroxyl groups excluding tert-OH is 1. The summed E-state index contributed by atoms with van der Waals surface area (Å²) in [6.45, 7) is 2.52. The number of aryl methyl sites for hydroxylation is 1. The van der Waals surface area contributed by atoms with Crippen molar-refractivity contribution in [2.45, 2.75) is 50.3 Å². The molecule has 0 saturated heterocycles. The van der Waals surface area contributed by atoms with Gasteiger partial charge >= 0.3 is 0 Å². The van der Waals surface area contributed by atoms with Crippen molar-refractivity contribution in [3.8, 4) is 0 Å². The second-order valence-corrected chi connectivity index (χ2v) is 10.9. The summed E-state index contributed by atoms with van der Waals surface area (Å²) in [5, 5.41) is 8.54. The number of aldehydes is 1. The van der Waals surface area contributed by atoms with E-state index in [0.29, 0.717) is 12.9 Å². The molecule has 0 aliphatic carbocycles. The van der Waals surface area contributed by atoms with E-state index in [-0.39, 0.29) is 31.1 Å². The average Bonchev–Trinajstić information content (AvgIpc) is 3.01. The Labute approximate surface area is 242 Å². The Kier molecular flexibility index (Phi) is 13.4. The first-order valence-electron chi connectivity index (χ1n) is 13.3. The van der Waals surface area contributed by atoms with Crippen LogP contribution in [0.15, 0.2) is 120 Å². The largest absolute Gasteiger partial charge is 0.392 e. The fraction of sp³-hybridized carbons (Fsp3) is 0.242. The Bertz CT molecular complexity index is 1380. The van der Waals surface area contributed by atoms with Gasteiger partial charge in [0.1, 0.15) is 18.5 Å². The summed E-state index contributed by atoms with van der Waals surface area (Å²) >= 11 is 0. The van der Waals surface area contributed by atoms with Crippen molar-refractivity contribution >= 4 is 16.4 Å². The van der Waals surface area contributed by atoms with Crippen LogP contribution in [-0.4, -0.2) is 38.6 Å². The molecule has 0 saturated carbocycles. The Morgan fingerprint density at radius 3 is 1.73 bits per heavy atom. The number of carbonyl (C=O) groups is 1. The van der Waals surface area contributed by atoms with Crippen LogP contribution >= 0.6 is 0 Å². The zero-order valence-corrected chi connectivity index (χ0v) is 23.9. The van der Waals surface area contributed by atoms with Gasteiger partial charge in [0.15, 0.2) is 0 Å². The smallest absolute Gasteiger partial charge is 0.297 e. The van der Waals surface area contributed by atoms with E-state index in [1.165, 1.54) is 12.1 Å². The average molecular weight is 577 g/mol. The molecule has 0 heterocycles. The van der Waals surface area contributed by atoms with E-state index in [9.17, 15) is 13.2 Å². The van der Waals surface area contributed by atoms with Crippen LogP contribution in [0.25, 0.3) is 0 Å². The molecule has 8 heteroatoms. The topological polar surface area (TPSA) is 99.1 Å². The first kappa shape index (κ1) is 31.9. The fourth-order valence-electron chi connectivity index (χ4n) is 3.74. The van der Waals surface area contributed by atoms with Crippen LogP contribution in [-0.2, 0) is 48.4 Å². The number of ether oxygens (including phenoxy) is 2. The van der Waals surface area contributed by atoms with Crippen LogP contribution < -0.4 is 0 Å². The van der Waals surface area contributed by atoms with Crippen molar-refractivity contribution in [2.75, 3.05) is 6.61 Å². The maximum Gasteiger partial charge on any atom is 0.297 e. The van der Waals surface area contributed by atoms with E-state index < -0.39 is 22.3 Å². The number of carbonyl (C=O) groups excluding carboxylic acids is 1. The van der Waals surface area contributed by atoms with Gasteiger partial charge in [0.2, 0.25) is 0 Å². The lowest BCUT2D eigenvalue weighted by molar-refractivity contribution is -0.121. The number of hydrogen-bond acceptors (Lipinski definition) is 7. The zero-order chi connectivity index (χ0) is 29.3. The molecular weight excluding hydrogens is 540 g/mol. The summed E-state index contributed by atoms with van der Waals surface area (Å²) in [6, 6.07) is 34.9. The van der Waals surface area contributed by atoms with Crippen LogP contribution in [0.2, 0.25) is 0 Å². The molecule has 0 radical (unpaired) electrons. The summed E-state index contributed by atoms with van der Waals surface area (Å²) in [5.74, 6) is 0. The SMILES string of the molecule is Cc1ccc(S(=O)(=O)O[C@@H](COCc2ccccc2)C[C@@H](C=O)OCc2ccccc2)cc1.OCc1ccccc1. The lowest BCUT2D eigenvalue weighted by atomic mass is 10.1. The molecule has 0 aliphatic heterocycles. The van der Waals surface area contributed by atoms with Crippen LogP contribution in [0.1, 0.15) is 28.7 Å². The van der Waals surface area contributed by atoms with Crippen molar-refractivity contribution in [2.24, 2.45) is 0 Å². The van der Waals surface area contributed by atoms with Crippen LogP contribution in [0.5, 0.6) is 0 Å². The highest BCUT2D eigenvalue weighted by atomic mass is 32.2. The highest BCUT2D eigenvalue weighted by molar-refractivity contribution is 7.86. The number of aliphatic hydroxyl groups is 1. The third kappa shape index (κ3) is 11.8. The van der Waals surface area contributed by atoms with Gasteiger partial charge in [0, 0.05) is 6.42 Å². The lowest BCUT2D eigenvalue weighted by Crippen LogP contribution is -2.30. The summed E-state index contributed by atoms with van der Waals surface area (Å²) in [7, 11) is -4.04. The Hall–Kier alpha value is -3.66. The minimum Gasteiger partial charge on any atom is -0.392 e. The Balaban J connectivity index is 0.000000496. The van der Waals surface area contributed by atoms with Gasteiger partial charge in [-0.3, -0.25) is 4.18 Å². The predicted molar refractivity (Wildman–Crippen MR) is 157 cm³/mol. The van der Waals surface area contributed by atoms with E-state index in [2.05, 4.69) is 0 Å². The van der Waals surface area contributed by atoms with Crippen molar-refractivity contribution < 1.29 is 32.0 Å². The van der Waals surface area contributed by atoms with Gasteiger partial charge in [-0.2, -0.15) is 8.42 Å². The third-order valence-corrected chi connectivity index (χ3v) is 7.34. The van der Waals surface area contributed by atoms with E-state index >= 15 is 0 Å². The maximum atomic E-state index is 12.8. The third-order valence-electron chi connectivity index (χ3n) is 5.97. The summed E-state index contributed by atoms with van der Waals surface area (Å²) in [6.07, 6.45) is -1.04. The molecule has 0 aromatic heterocycles. The Morgan fingerprint density at radius 1 is 0.732 bits per heavy atom. The summed E-state index contributed by atoms with van der Waals surface area (Å²) < 4.78 is 42.6. The van der Waals surface area contributed by atoms with E-state index in [1.54, 1.807) is 12.1 Å². The molecule has 0 amide bonds. The van der Waals surface area contributed by atoms with Gasteiger partial charge in [-0.05, 0) is 35.7 Å². The van der Waals surface area contributed by atoms with Gasteiger partial charge in [-0.1, -0.05) is 109 Å². The van der Waals surface area contributed by atoms with Gasteiger partial charge < -0.3 is 19.4 Å². The molecule has 0 aliphatic rings. The van der Waals surface area contributed by atoms with E-state index in [1.807, 2.05) is 97.9 Å². The van der Waals surface area contributed by atoms with Crippen molar-refractivity contribution in [3.63, 3.8) is 0 Å². The number of benzene rings is 4. The molecule has 4 aromatic rings. The number of hydrogen-bond donors (Lipinski definition) is 1. The number of rotatable bonds is 14. The van der Waals surface area contributed by atoms with Gasteiger partial charge in [-0.15, -0.1) is 0 Å². The van der Waals surface area contributed by atoms with Gasteiger partial charge in [0.05, 0.1) is 31.3 Å². The maximum absolute atomic E-state index is 12.8. The zero-order valence-electron chi connectivity index (χ0n) is 23.0. The van der Waals surface area contributed by atoms with Gasteiger partial charge in [-0.25, -0.2) is 0 Å². The predicted octanol–water partition coefficient (Wildman–Crippen LogP) is 5.64. The van der Waals surface area contributed by atoms with Crippen molar-refractivity contribution in [1.29, 1.82) is 0 Å². The van der Waals surface area contributed by atoms with Crippen molar-refractivity contribution in [3.05, 3.63) is 138 Å². The standard InChI is InChI=1S/C26H28O6S.C7H8O/c1-21-12-14-26(15-13-21)33(28,29)32-25(20-30-18-22-8-4-2-5-9-22)16-24(17-27)31-19-23-10-6-3-7-11-23;8-6-7-4-2-1-3-5-7/h2-15,17,24-25H,16,18-20H2,1H3;1-5,8H,6H2/t24-,25+;/m0./s1. The second-order valence-electron chi connectivity index (χ2n) is 9.34. The molecule has 2 atom stereocenters. The molecule has 7 nitrogen and oxygen atoms in total. The van der Waals surface area contributed by atoms with Crippen LogP contribution in [0.3, 0.4) is 0 Å². The molecule has 0 fully saturated rings. The molecule has 0 unspecified atom stereocenters. The first-order valence-corrected chi connectivity index (χ1v) is 14.7. The van der Waals surface area contributed by atoms with E-state index in [0.717, 1.165) is 22.3 Å². The molecule has 0 spiro atoms. The lowest BCUT2D eigenvalue weighted by Gasteiger charge is -2.21. The monoisotopic (exact) mass is 576 g/mol. The summed E-state index contributed by atoms with van der Waals surface area (Å²) in [4.78, 5) is 11.7. The molecular formula is C33H36O7S. The molecule has 4 rings (SSSR count). The van der Waals surface area contributed by atoms with Gasteiger partial charge in [0.25, 0.3) is 10.1 Å². The fourth-order valence-corrected chi connectivity index (χ4v) is 4.81. The van der Waals surface area contributed by atoms with Crippen molar-refractivity contribution in [1.82, 2.24) is 0 Å². The molecule has 0 bridgehead atoms. The normalized spacial score (nSPS) is 12.5. The molecule has 216 valence electrons. The minimum absolute atomic E-state index is 0.0149. The van der Waals surface area contributed by atoms with Crippen LogP contribution in [0.4, 0.5) is 0 Å².